The molecule has 0 aliphatic rings. The second-order valence-electron chi connectivity index (χ2n) is 2.31. The van der Waals surface area contributed by atoms with Crippen LogP contribution in [0.3, 0.4) is 0 Å². The van der Waals surface area contributed by atoms with Gasteiger partial charge in [-0.3, -0.25) is 4.79 Å². The van der Waals surface area contributed by atoms with Gasteiger partial charge in [0.25, 0.3) is 0 Å². The molecule has 0 aliphatic heterocycles. The van der Waals surface area contributed by atoms with Crippen LogP contribution in [0.4, 0.5) is 0 Å². The number of methoxy groups -OCH3 is 1. The molecule has 0 spiro atoms. The van der Waals surface area contributed by atoms with Gasteiger partial charge in [-0.15, -0.1) is 0 Å². The van der Waals surface area contributed by atoms with Crippen LogP contribution in [0.25, 0.3) is 0 Å². The van der Waals surface area contributed by atoms with Crippen LogP contribution in [0.5, 0.6) is 0 Å². The number of ether oxygens (including phenoxy) is 1. The summed E-state index contributed by atoms with van der Waals surface area (Å²) in [6.07, 6.45) is 0.614. The second-order valence-corrected chi connectivity index (χ2v) is 2.31. The number of hydrogen-bond acceptors (Lipinski definition) is 4. The summed E-state index contributed by atoms with van der Waals surface area (Å²) < 4.78 is 4.32. The van der Waals surface area contributed by atoms with Crippen LogP contribution in [0, 0.1) is 11.8 Å². The summed E-state index contributed by atoms with van der Waals surface area (Å²) in [6.45, 7) is 0. The first kappa shape index (κ1) is 9.93. The van der Waals surface area contributed by atoms with E-state index < -0.39 is 5.97 Å². The van der Waals surface area contributed by atoms with E-state index in [2.05, 4.69) is 21.6 Å². The lowest BCUT2D eigenvalue weighted by Gasteiger charge is -1.90. The highest BCUT2D eigenvalue weighted by Gasteiger charge is 1.94. The summed E-state index contributed by atoms with van der Waals surface area (Å²) >= 11 is 0. The molecule has 14 heavy (non-hydrogen) atoms. The van der Waals surface area contributed by atoms with Gasteiger partial charge in [0.15, 0.2) is 6.29 Å². The zero-order valence-electron chi connectivity index (χ0n) is 7.48. The fourth-order valence-corrected chi connectivity index (χ4v) is 0.753. The van der Waals surface area contributed by atoms with E-state index in [1.54, 1.807) is 18.2 Å². The lowest BCUT2D eigenvalue weighted by molar-refractivity contribution is -0.133. The molecule has 1 heterocycles. The highest BCUT2D eigenvalue weighted by atomic mass is 16.5. The Labute approximate surface area is 80.9 Å². The van der Waals surface area contributed by atoms with Crippen molar-refractivity contribution in [2.75, 3.05) is 7.11 Å². The lowest BCUT2D eigenvalue weighted by Crippen LogP contribution is -1.95. The van der Waals surface area contributed by atoms with Crippen LogP contribution < -0.4 is 0 Å². The first-order chi connectivity index (χ1) is 6.76. The van der Waals surface area contributed by atoms with Crippen LogP contribution >= 0.6 is 0 Å². The SMILES string of the molecule is COC(=O)C#Cc1cccc(C=O)n1. The summed E-state index contributed by atoms with van der Waals surface area (Å²) in [6, 6.07) is 4.79. The molecule has 4 nitrogen and oxygen atoms in total. The highest BCUT2D eigenvalue weighted by Crippen LogP contribution is 1.94. The van der Waals surface area contributed by atoms with Crippen LogP contribution in [0.15, 0.2) is 18.2 Å². The molecule has 0 amide bonds. The molecular formula is C10H7NO3. The molecule has 4 heteroatoms. The van der Waals surface area contributed by atoms with Crippen molar-refractivity contribution in [3.05, 3.63) is 29.6 Å². The van der Waals surface area contributed by atoms with E-state index in [1.165, 1.54) is 7.11 Å². The van der Waals surface area contributed by atoms with Gasteiger partial charge in [0, 0.05) is 5.92 Å². The summed E-state index contributed by atoms with van der Waals surface area (Å²) in [5.41, 5.74) is 0.640. The molecule has 1 aromatic heterocycles. The molecule has 0 N–H and O–H groups in total. The van der Waals surface area contributed by atoms with E-state index in [-0.39, 0.29) is 5.69 Å². The fourth-order valence-electron chi connectivity index (χ4n) is 0.753. The largest absolute Gasteiger partial charge is 0.459 e. The third kappa shape index (κ3) is 2.72. The zero-order valence-corrected chi connectivity index (χ0v) is 7.48. The number of carbonyl (C=O) groups excluding carboxylic acids is 2. The van der Waals surface area contributed by atoms with Crippen LogP contribution in [0.2, 0.25) is 0 Å². The maximum Gasteiger partial charge on any atom is 0.384 e. The van der Waals surface area contributed by atoms with E-state index >= 15 is 0 Å². The third-order valence-corrected chi connectivity index (χ3v) is 1.37. The fraction of sp³-hybridized carbons (Fsp3) is 0.100. The Balaban J connectivity index is 2.89. The zero-order chi connectivity index (χ0) is 10.4. The number of pyridine rings is 1. The van der Waals surface area contributed by atoms with E-state index in [9.17, 15) is 9.59 Å². The second kappa shape index (κ2) is 4.77. The summed E-state index contributed by atoms with van der Waals surface area (Å²) in [5.74, 6) is 4.05. The molecule has 0 atom stereocenters. The van der Waals surface area contributed by atoms with E-state index in [0.717, 1.165) is 0 Å². The number of carbonyl (C=O) groups is 2. The summed E-state index contributed by atoms with van der Waals surface area (Å²) in [7, 11) is 1.24. The van der Waals surface area contributed by atoms with Crippen LogP contribution in [-0.4, -0.2) is 24.3 Å². The minimum atomic E-state index is -0.636. The Morgan fingerprint density at radius 3 is 3.00 bits per heavy atom. The number of aromatic nitrogens is 1. The van der Waals surface area contributed by atoms with Crippen molar-refractivity contribution in [1.29, 1.82) is 0 Å². The quantitative estimate of drug-likeness (QED) is 0.365. The molecule has 1 aromatic rings. The number of rotatable bonds is 1. The average molecular weight is 189 g/mol. The molecule has 0 bridgehead atoms. The number of esters is 1. The van der Waals surface area contributed by atoms with Crippen molar-refractivity contribution in [3.63, 3.8) is 0 Å². The standard InChI is InChI=1S/C10H7NO3/c1-14-10(13)6-5-8-3-2-4-9(7-12)11-8/h2-4,7H,1H3. The smallest absolute Gasteiger partial charge is 0.384 e. The van der Waals surface area contributed by atoms with E-state index in [1.807, 2.05) is 0 Å². The monoisotopic (exact) mass is 189 g/mol. The number of nitrogens with zero attached hydrogens (tertiary/aromatic N) is 1. The van der Waals surface area contributed by atoms with Crippen molar-refractivity contribution in [2.24, 2.45) is 0 Å². The van der Waals surface area contributed by atoms with Gasteiger partial charge in [0.2, 0.25) is 0 Å². The van der Waals surface area contributed by atoms with E-state index in [0.29, 0.717) is 12.0 Å². The van der Waals surface area contributed by atoms with Crippen molar-refractivity contribution < 1.29 is 14.3 Å². The molecule has 1 rings (SSSR count). The van der Waals surface area contributed by atoms with Crippen LogP contribution in [0.1, 0.15) is 16.2 Å². The molecule has 0 radical (unpaired) electrons. The Bertz CT molecular complexity index is 415. The highest BCUT2D eigenvalue weighted by molar-refractivity contribution is 5.88. The van der Waals surface area contributed by atoms with Crippen LogP contribution in [-0.2, 0) is 9.53 Å². The summed E-state index contributed by atoms with van der Waals surface area (Å²) in [4.78, 5) is 24.8. The number of aldehydes is 1. The van der Waals surface area contributed by atoms with Crippen molar-refractivity contribution in [2.45, 2.75) is 0 Å². The van der Waals surface area contributed by atoms with Gasteiger partial charge in [0.05, 0.1) is 7.11 Å². The lowest BCUT2D eigenvalue weighted by atomic mass is 10.3. The Morgan fingerprint density at radius 1 is 1.57 bits per heavy atom. The maximum absolute atomic E-state index is 10.6. The molecule has 0 aliphatic carbocycles. The molecule has 0 fully saturated rings. The van der Waals surface area contributed by atoms with Gasteiger partial charge in [-0.25, -0.2) is 9.78 Å². The van der Waals surface area contributed by atoms with Gasteiger partial charge in [-0.1, -0.05) is 6.07 Å². The average Bonchev–Trinajstić information content (AvgIpc) is 2.26. The van der Waals surface area contributed by atoms with Gasteiger partial charge < -0.3 is 4.74 Å². The minimum Gasteiger partial charge on any atom is -0.459 e. The van der Waals surface area contributed by atoms with Gasteiger partial charge in [0.1, 0.15) is 11.4 Å². The van der Waals surface area contributed by atoms with Gasteiger partial charge >= 0.3 is 5.97 Å². The summed E-state index contributed by atoms with van der Waals surface area (Å²) in [5, 5.41) is 0. The maximum atomic E-state index is 10.6. The third-order valence-electron chi connectivity index (χ3n) is 1.37. The molecule has 0 saturated heterocycles. The topological polar surface area (TPSA) is 56.3 Å². The number of hydrogen-bond donors (Lipinski definition) is 0. The van der Waals surface area contributed by atoms with Crippen molar-refractivity contribution in [1.82, 2.24) is 4.98 Å². The van der Waals surface area contributed by atoms with Crippen molar-refractivity contribution in [3.8, 4) is 11.8 Å². The molecule has 0 unspecified atom stereocenters. The normalized spacial score (nSPS) is 8.36. The molecule has 0 saturated carbocycles. The molecular weight excluding hydrogens is 182 g/mol. The van der Waals surface area contributed by atoms with Crippen molar-refractivity contribution >= 4 is 12.3 Å². The predicted octanol–water partition coefficient (Wildman–Crippen LogP) is 0.419. The molecule has 70 valence electrons. The first-order valence-corrected chi connectivity index (χ1v) is 3.78. The van der Waals surface area contributed by atoms with Gasteiger partial charge in [-0.05, 0) is 18.1 Å². The van der Waals surface area contributed by atoms with E-state index in [4.69, 9.17) is 0 Å². The van der Waals surface area contributed by atoms with Gasteiger partial charge in [-0.2, -0.15) is 0 Å². The Morgan fingerprint density at radius 2 is 2.36 bits per heavy atom. The first-order valence-electron chi connectivity index (χ1n) is 3.78. The Hall–Kier alpha value is -2.15. The Kier molecular flexibility index (Phi) is 3.39. The molecule has 0 aromatic carbocycles. The predicted molar refractivity (Wildman–Crippen MR) is 48.5 cm³/mol. The minimum absolute atomic E-state index is 0.279.